The highest BCUT2D eigenvalue weighted by molar-refractivity contribution is 7.80. The number of esters is 1. The van der Waals surface area contributed by atoms with Gasteiger partial charge in [0.15, 0.2) is 16.6 Å². The van der Waals surface area contributed by atoms with Crippen LogP contribution in [0.1, 0.15) is 31.0 Å². The van der Waals surface area contributed by atoms with E-state index in [0.29, 0.717) is 46.1 Å². The average Bonchev–Trinajstić information content (AvgIpc) is 2.73. The summed E-state index contributed by atoms with van der Waals surface area (Å²) in [4.78, 5) is 12.4. The number of allylic oxidation sites excluding steroid dienone is 1. The van der Waals surface area contributed by atoms with Crippen LogP contribution in [0.25, 0.3) is 0 Å². The van der Waals surface area contributed by atoms with Crippen molar-refractivity contribution in [1.82, 2.24) is 10.6 Å². The first kappa shape index (κ1) is 21.9. The first-order chi connectivity index (χ1) is 14.4. The molecular formula is C22H23ClN2O4S. The van der Waals surface area contributed by atoms with E-state index in [4.69, 9.17) is 38.0 Å². The highest BCUT2D eigenvalue weighted by Crippen LogP contribution is 2.35. The molecule has 1 aliphatic heterocycles. The summed E-state index contributed by atoms with van der Waals surface area (Å²) in [5, 5.41) is 7.22. The fourth-order valence-corrected chi connectivity index (χ4v) is 3.55. The van der Waals surface area contributed by atoms with E-state index < -0.39 is 12.0 Å². The van der Waals surface area contributed by atoms with Crippen molar-refractivity contribution >= 4 is 34.9 Å². The lowest BCUT2D eigenvalue weighted by Gasteiger charge is -2.30. The predicted octanol–water partition coefficient (Wildman–Crippen LogP) is 4.28. The van der Waals surface area contributed by atoms with E-state index in [0.717, 1.165) is 11.1 Å². The standard InChI is InChI=1S/C22H23ClN2O4S/c1-4-28-18-11-15(20-19(21(26)27-3)13(2)24-22(30)25-20)7-10-17(18)29-12-14-5-8-16(23)9-6-14/h5-11,20H,4,12H2,1-3H3,(H2,24,25,30)/t20-/m0/s1. The molecule has 0 unspecified atom stereocenters. The molecule has 158 valence electrons. The molecule has 1 heterocycles. The number of carbonyl (C=O) groups is 1. The van der Waals surface area contributed by atoms with Gasteiger partial charge in [-0.15, -0.1) is 0 Å². The van der Waals surface area contributed by atoms with E-state index in [1.165, 1.54) is 7.11 Å². The minimum absolute atomic E-state index is 0.374. The first-order valence-corrected chi connectivity index (χ1v) is 10.2. The van der Waals surface area contributed by atoms with Gasteiger partial charge in [0.05, 0.1) is 25.3 Å². The van der Waals surface area contributed by atoms with Crippen molar-refractivity contribution in [1.29, 1.82) is 0 Å². The number of rotatable bonds is 7. The largest absolute Gasteiger partial charge is 0.490 e. The lowest BCUT2D eigenvalue weighted by Crippen LogP contribution is -2.45. The van der Waals surface area contributed by atoms with Crippen molar-refractivity contribution in [3.8, 4) is 11.5 Å². The van der Waals surface area contributed by atoms with Crippen LogP contribution in [0, 0.1) is 0 Å². The molecule has 0 aromatic heterocycles. The van der Waals surface area contributed by atoms with E-state index in [9.17, 15) is 4.79 Å². The summed E-state index contributed by atoms with van der Waals surface area (Å²) in [5.41, 5.74) is 2.91. The Hall–Kier alpha value is -2.77. The van der Waals surface area contributed by atoms with Gasteiger partial charge in [-0.05, 0) is 61.5 Å². The van der Waals surface area contributed by atoms with Crippen LogP contribution in [-0.4, -0.2) is 24.8 Å². The molecule has 0 fully saturated rings. The topological polar surface area (TPSA) is 68.8 Å². The summed E-state index contributed by atoms with van der Waals surface area (Å²) < 4.78 is 16.7. The fraction of sp³-hybridized carbons (Fsp3) is 0.273. The minimum Gasteiger partial charge on any atom is -0.490 e. The molecule has 3 rings (SSSR count). The minimum atomic E-state index is -0.462. The molecule has 2 aromatic carbocycles. The molecule has 30 heavy (non-hydrogen) atoms. The van der Waals surface area contributed by atoms with E-state index >= 15 is 0 Å². The number of ether oxygens (including phenoxy) is 3. The molecule has 2 N–H and O–H groups in total. The van der Waals surface area contributed by atoms with Gasteiger partial charge in [-0.1, -0.05) is 29.8 Å². The molecule has 2 aromatic rings. The Balaban J connectivity index is 1.89. The smallest absolute Gasteiger partial charge is 0.337 e. The third-order valence-electron chi connectivity index (χ3n) is 4.58. The van der Waals surface area contributed by atoms with Gasteiger partial charge in [-0.2, -0.15) is 0 Å². The highest BCUT2D eigenvalue weighted by Gasteiger charge is 2.31. The highest BCUT2D eigenvalue weighted by atomic mass is 35.5. The Morgan fingerprint density at radius 2 is 1.87 bits per heavy atom. The normalized spacial score (nSPS) is 15.9. The quantitative estimate of drug-likeness (QED) is 0.485. The van der Waals surface area contributed by atoms with Crippen LogP contribution in [-0.2, 0) is 16.1 Å². The molecule has 0 saturated heterocycles. The fourth-order valence-electron chi connectivity index (χ4n) is 3.16. The number of nitrogens with one attached hydrogen (secondary N) is 2. The monoisotopic (exact) mass is 446 g/mol. The van der Waals surface area contributed by atoms with Crippen molar-refractivity contribution in [3.63, 3.8) is 0 Å². The lowest BCUT2D eigenvalue weighted by atomic mass is 9.95. The van der Waals surface area contributed by atoms with E-state index in [1.54, 1.807) is 6.92 Å². The molecule has 8 heteroatoms. The molecule has 6 nitrogen and oxygen atoms in total. The lowest BCUT2D eigenvalue weighted by molar-refractivity contribution is -0.136. The predicted molar refractivity (Wildman–Crippen MR) is 120 cm³/mol. The van der Waals surface area contributed by atoms with E-state index in [-0.39, 0.29) is 0 Å². The number of carbonyl (C=O) groups excluding carboxylic acids is 1. The van der Waals surface area contributed by atoms with Gasteiger partial charge in [-0.25, -0.2) is 4.79 Å². The van der Waals surface area contributed by atoms with Gasteiger partial charge in [-0.3, -0.25) is 0 Å². The Bertz CT molecular complexity index is 976. The van der Waals surface area contributed by atoms with Crippen molar-refractivity contribution in [2.75, 3.05) is 13.7 Å². The maximum Gasteiger partial charge on any atom is 0.337 e. The molecule has 0 aliphatic carbocycles. The second-order valence-corrected chi connectivity index (χ2v) is 7.46. The van der Waals surface area contributed by atoms with Crippen molar-refractivity contribution in [3.05, 3.63) is 69.9 Å². The maximum atomic E-state index is 12.4. The van der Waals surface area contributed by atoms with Gasteiger partial charge in [0.1, 0.15) is 6.61 Å². The Kier molecular flexibility index (Phi) is 7.18. The zero-order valence-corrected chi connectivity index (χ0v) is 18.5. The summed E-state index contributed by atoms with van der Waals surface area (Å²) in [6.45, 7) is 4.53. The van der Waals surface area contributed by atoms with Gasteiger partial charge in [0.25, 0.3) is 0 Å². The summed E-state index contributed by atoms with van der Waals surface area (Å²) >= 11 is 11.2. The van der Waals surface area contributed by atoms with Gasteiger partial charge < -0.3 is 24.8 Å². The third-order valence-corrected chi connectivity index (χ3v) is 5.05. The Labute approximate surface area is 186 Å². The molecule has 1 aliphatic rings. The number of hydrogen-bond donors (Lipinski definition) is 2. The van der Waals surface area contributed by atoms with Crippen LogP contribution in [0.5, 0.6) is 11.5 Å². The molecule has 1 atom stereocenters. The third kappa shape index (κ3) is 5.04. The van der Waals surface area contributed by atoms with Crippen LogP contribution in [0.3, 0.4) is 0 Å². The molecule has 0 saturated carbocycles. The second-order valence-electron chi connectivity index (χ2n) is 6.62. The number of halogens is 1. The van der Waals surface area contributed by atoms with E-state index in [1.807, 2.05) is 49.4 Å². The van der Waals surface area contributed by atoms with Crippen LogP contribution in [0.2, 0.25) is 5.02 Å². The zero-order chi connectivity index (χ0) is 21.7. The molecule has 0 radical (unpaired) electrons. The molecular weight excluding hydrogens is 424 g/mol. The Morgan fingerprint density at radius 1 is 1.13 bits per heavy atom. The SMILES string of the molecule is CCOc1cc([C@@H]2NC(=S)NC(C)=C2C(=O)OC)ccc1OCc1ccc(Cl)cc1. The first-order valence-electron chi connectivity index (χ1n) is 9.43. The van der Waals surface area contributed by atoms with Crippen LogP contribution >= 0.6 is 23.8 Å². The van der Waals surface area contributed by atoms with Crippen LogP contribution < -0.4 is 20.1 Å². The summed E-state index contributed by atoms with van der Waals surface area (Å²) in [7, 11) is 1.35. The van der Waals surface area contributed by atoms with Crippen molar-refractivity contribution in [2.24, 2.45) is 0 Å². The second kappa shape index (κ2) is 9.82. The number of benzene rings is 2. The summed E-state index contributed by atoms with van der Waals surface area (Å²) in [5.74, 6) is 0.755. The van der Waals surface area contributed by atoms with Crippen LogP contribution in [0.4, 0.5) is 0 Å². The molecule has 0 spiro atoms. The Morgan fingerprint density at radius 3 is 2.53 bits per heavy atom. The number of hydrogen-bond acceptors (Lipinski definition) is 5. The van der Waals surface area contributed by atoms with Crippen LogP contribution in [0.15, 0.2) is 53.7 Å². The van der Waals surface area contributed by atoms with Gasteiger partial charge in [0.2, 0.25) is 0 Å². The number of methoxy groups -OCH3 is 1. The molecule has 0 bridgehead atoms. The molecule has 0 amide bonds. The zero-order valence-electron chi connectivity index (χ0n) is 17.0. The van der Waals surface area contributed by atoms with Crippen molar-refractivity contribution < 1.29 is 19.0 Å². The summed E-state index contributed by atoms with van der Waals surface area (Å²) in [6.07, 6.45) is 0. The number of thiocarbonyl (C=S) groups is 1. The summed E-state index contributed by atoms with van der Waals surface area (Å²) in [6, 6.07) is 12.6. The van der Waals surface area contributed by atoms with Gasteiger partial charge >= 0.3 is 5.97 Å². The average molecular weight is 447 g/mol. The maximum absolute atomic E-state index is 12.4. The van der Waals surface area contributed by atoms with E-state index in [2.05, 4.69) is 10.6 Å². The van der Waals surface area contributed by atoms with Gasteiger partial charge in [0, 0.05) is 10.7 Å². The van der Waals surface area contributed by atoms with Crippen molar-refractivity contribution in [2.45, 2.75) is 26.5 Å².